The van der Waals surface area contributed by atoms with E-state index < -0.39 is 0 Å². The van der Waals surface area contributed by atoms with Crippen molar-refractivity contribution in [1.82, 2.24) is 10.2 Å². The number of nitrogens with zero attached hydrogens (tertiary/aromatic N) is 1. The minimum atomic E-state index is 0.283. The lowest BCUT2D eigenvalue weighted by Gasteiger charge is -2.27. The zero-order valence-corrected chi connectivity index (χ0v) is 12.2. The van der Waals surface area contributed by atoms with Crippen LogP contribution >= 0.6 is 22.9 Å². The number of hydrogen-bond donors (Lipinski definition) is 1. The average Bonchev–Trinajstić information content (AvgIpc) is 2.83. The molecule has 1 saturated heterocycles. The Kier molecular flexibility index (Phi) is 5.03. The van der Waals surface area contributed by atoms with Gasteiger partial charge >= 0.3 is 0 Å². The molecule has 1 unspecified atom stereocenters. The first kappa shape index (κ1) is 13.8. The monoisotopic (exact) mass is 286 g/mol. The first-order chi connectivity index (χ1) is 8.66. The molecule has 0 aliphatic carbocycles. The topological polar surface area (TPSA) is 32.3 Å². The number of carbonyl (C=O) groups is 1. The van der Waals surface area contributed by atoms with Gasteiger partial charge in [-0.25, -0.2) is 0 Å². The Balaban J connectivity index is 1.78. The molecule has 1 atom stereocenters. The van der Waals surface area contributed by atoms with Gasteiger partial charge in [-0.3, -0.25) is 4.79 Å². The van der Waals surface area contributed by atoms with Gasteiger partial charge in [0.25, 0.3) is 0 Å². The first-order valence-corrected chi connectivity index (χ1v) is 7.60. The lowest BCUT2D eigenvalue weighted by molar-refractivity contribution is -0.131. The molecule has 3 nitrogen and oxygen atoms in total. The Morgan fingerprint density at radius 2 is 2.22 bits per heavy atom. The van der Waals surface area contributed by atoms with Gasteiger partial charge in [0.05, 0.1) is 4.34 Å². The van der Waals surface area contributed by atoms with E-state index in [1.807, 2.05) is 11.0 Å². The van der Waals surface area contributed by atoms with E-state index >= 15 is 0 Å². The number of amides is 1. The molecule has 1 aliphatic rings. The molecule has 1 aromatic heterocycles. The van der Waals surface area contributed by atoms with Crippen LogP contribution in [0, 0.1) is 0 Å². The fourth-order valence-corrected chi connectivity index (χ4v) is 3.29. The Bertz CT molecular complexity index is 401. The van der Waals surface area contributed by atoms with Crippen LogP contribution in [-0.4, -0.2) is 37.0 Å². The molecular formula is C13H19ClN2OS. The minimum Gasteiger partial charge on any atom is -0.340 e. The zero-order chi connectivity index (χ0) is 13.0. The first-order valence-electron chi connectivity index (χ1n) is 6.40. The van der Waals surface area contributed by atoms with Crippen molar-refractivity contribution in [2.45, 2.75) is 25.7 Å². The highest BCUT2D eigenvalue weighted by Gasteiger charge is 2.17. The van der Waals surface area contributed by atoms with E-state index in [2.05, 4.69) is 18.3 Å². The van der Waals surface area contributed by atoms with Crippen LogP contribution in [0.5, 0.6) is 0 Å². The van der Waals surface area contributed by atoms with Gasteiger partial charge in [0.1, 0.15) is 0 Å². The van der Waals surface area contributed by atoms with Crippen molar-refractivity contribution in [2.75, 3.05) is 26.2 Å². The van der Waals surface area contributed by atoms with E-state index in [9.17, 15) is 4.79 Å². The fourth-order valence-electron chi connectivity index (χ4n) is 2.15. The van der Waals surface area contributed by atoms with E-state index in [4.69, 9.17) is 11.6 Å². The summed E-state index contributed by atoms with van der Waals surface area (Å²) in [6, 6.07) is 3.99. The summed E-state index contributed by atoms with van der Waals surface area (Å²) in [7, 11) is 0. The number of nitrogens with one attached hydrogen (secondary N) is 1. The molecule has 100 valence electrons. The van der Waals surface area contributed by atoms with Crippen LogP contribution in [0.2, 0.25) is 4.34 Å². The molecule has 0 saturated carbocycles. The third-order valence-corrected chi connectivity index (χ3v) is 4.80. The molecule has 0 radical (unpaired) electrons. The predicted octanol–water partition coefficient (Wildman–Crippen LogP) is 2.72. The number of rotatable bonds is 4. The smallest absolute Gasteiger partial charge is 0.222 e. The number of halogens is 1. The van der Waals surface area contributed by atoms with Gasteiger partial charge in [-0.2, -0.15) is 0 Å². The van der Waals surface area contributed by atoms with Gasteiger partial charge in [-0.1, -0.05) is 18.5 Å². The van der Waals surface area contributed by atoms with Gasteiger partial charge in [0, 0.05) is 37.5 Å². The highest BCUT2D eigenvalue weighted by molar-refractivity contribution is 7.16. The van der Waals surface area contributed by atoms with Gasteiger partial charge in [-0.05, 0) is 24.5 Å². The molecule has 0 spiro atoms. The molecule has 1 N–H and O–H groups in total. The lowest BCUT2D eigenvalue weighted by atomic mass is 10.0. The molecule has 1 amide bonds. The maximum absolute atomic E-state index is 12.0. The van der Waals surface area contributed by atoms with Crippen LogP contribution in [0.1, 0.15) is 30.6 Å². The molecule has 2 heterocycles. The Morgan fingerprint density at radius 1 is 1.50 bits per heavy atom. The van der Waals surface area contributed by atoms with Crippen molar-refractivity contribution >= 4 is 28.8 Å². The summed E-state index contributed by atoms with van der Waals surface area (Å²) in [5.74, 6) is 0.695. The normalized spacial score (nSPS) is 17.8. The zero-order valence-electron chi connectivity index (χ0n) is 10.6. The van der Waals surface area contributed by atoms with Crippen LogP contribution in [0.4, 0.5) is 0 Å². The maximum Gasteiger partial charge on any atom is 0.222 e. The Labute approximate surface area is 117 Å². The van der Waals surface area contributed by atoms with Gasteiger partial charge < -0.3 is 10.2 Å². The van der Waals surface area contributed by atoms with E-state index in [0.29, 0.717) is 12.3 Å². The second-order valence-electron chi connectivity index (χ2n) is 4.71. The molecular weight excluding hydrogens is 268 g/mol. The van der Waals surface area contributed by atoms with Gasteiger partial charge in [0.15, 0.2) is 0 Å². The molecule has 5 heteroatoms. The van der Waals surface area contributed by atoms with Crippen LogP contribution in [0.3, 0.4) is 0 Å². The molecule has 1 aliphatic heterocycles. The third kappa shape index (κ3) is 3.70. The van der Waals surface area contributed by atoms with Gasteiger partial charge in [-0.15, -0.1) is 11.3 Å². The number of thiophene rings is 1. The van der Waals surface area contributed by atoms with Crippen molar-refractivity contribution < 1.29 is 4.79 Å². The summed E-state index contributed by atoms with van der Waals surface area (Å²) in [6.45, 7) is 5.69. The number of carbonyl (C=O) groups excluding carboxylic acids is 1. The van der Waals surface area contributed by atoms with E-state index in [1.54, 1.807) is 11.3 Å². The van der Waals surface area contributed by atoms with Crippen molar-refractivity contribution in [2.24, 2.45) is 0 Å². The summed E-state index contributed by atoms with van der Waals surface area (Å²) >= 11 is 7.54. The highest BCUT2D eigenvalue weighted by atomic mass is 35.5. The maximum atomic E-state index is 12.0. The van der Waals surface area contributed by atoms with Gasteiger partial charge in [0.2, 0.25) is 5.91 Å². The Hall–Kier alpha value is -0.580. The molecule has 1 fully saturated rings. The molecule has 2 rings (SSSR count). The van der Waals surface area contributed by atoms with E-state index in [0.717, 1.165) is 36.9 Å². The number of hydrogen-bond acceptors (Lipinski definition) is 3. The average molecular weight is 287 g/mol. The second kappa shape index (κ2) is 6.55. The van der Waals surface area contributed by atoms with Crippen LogP contribution in [0.15, 0.2) is 12.1 Å². The molecule has 0 bridgehead atoms. The largest absolute Gasteiger partial charge is 0.340 e. The standard InChI is InChI=1S/C13H19ClN2OS/c1-10(11-3-4-12(14)18-11)2-5-13(17)16-8-6-15-7-9-16/h3-4,10,15H,2,5-9H2,1H3. The van der Waals surface area contributed by atoms with E-state index in [-0.39, 0.29) is 5.91 Å². The van der Waals surface area contributed by atoms with E-state index in [1.165, 1.54) is 4.88 Å². The third-order valence-electron chi connectivity index (χ3n) is 3.34. The fraction of sp³-hybridized carbons (Fsp3) is 0.615. The summed E-state index contributed by atoms with van der Waals surface area (Å²) < 4.78 is 0.824. The SMILES string of the molecule is CC(CCC(=O)N1CCNCC1)c1ccc(Cl)s1. The highest BCUT2D eigenvalue weighted by Crippen LogP contribution is 2.30. The van der Waals surface area contributed by atoms with Crippen molar-refractivity contribution in [1.29, 1.82) is 0 Å². The summed E-state index contributed by atoms with van der Waals surface area (Å²) in [6.07, 6.45) is 1.54. The molecule has 18 heavy (non-hydrogen) atoms. The van der Waals surface area contributed by atoms with Crippen LogP contribution in [0.25, 0.3) is 0 Å². The lowest BCUT2D eigenvalue weighted by Crippen LogP contribution is -2.46. The summed E-state index contributed by atoms with van der Waals surface area (Å²) in [5.41, 5.74) is 0. The summed E-state index contributed by atoms with van der Waals surface area (Å²) in [5, 5.41) is 3.26. The number of piperazine rings is 1. The predicted molar refractivity (Wildman–Crippen MR) is 76.4 cm³/mol. The Morgan fingerprint density at radius 3 is 2.83 bits per heavy atom. The van der Waals surface area contributed by atoms with Crippen molar-refractivity contribution in [3.63, 3.8) is 0 Å². The second-order valence-corrected chi connectivity index (χ2v) is 6.46. The van der Waals surface area contributed by atoms with Crippen LogP contribution < -0.4 is 5.32 Å². The minimum absolute atomic E-state index is 0.283. The van der Waals surface area contributed by atoms with Crippen molar-refractivity contribution in [3.8, 4) is 0 Å². The molecule has 0 aromatic carbocycles. The summed E-state index contributed by atoms with van der Waals surface area (Å²) in [4.78, 5) is 15.2. The molecule has 1 aromatic rings. The quantitative estimate of drug-likeness (QED) is 0.923. The van der Waals surface area contributed by atoms with Crippen LogP contribution in [-0.2, 0) is 4.79 Å². The van der Waals surface area contributed by atoms with Crippen molar-refractivity contribution in [3.05, 3.63) is 21.3 Å².